The molecule has 17 heavy (non-hydrogen) atoms. The van der Waals surface area contributed by atoms with Crippen molar-refractivity contribution in [2.24, 2.45) is 11.7 Å². The summed E-state index contributed by atoms with van der Waals surface area (Å²) in [6.07, 6.45) is 1.69. The number of carboxylic acids is 1. The first-order valence-electron chi connectivity index (χ1n) is 5.99. The molecule has 0 aromatic heterocycles. The first-order chi connectivity index (χ1) is 7.97. The highest BCUT2D eigenvalue weighted by atomic mass is 16.4. The molecule has 1 aromatic rings. The van der Waals surface area contributed by atoms with E-state index in [1.165, 1.54) is 5.56 Å². The Balaban J connectivity index is 0.000000302. The van der Waals surface area contributed by atoms with Gasteiger partial charge in [-0.1, -0.05) is 51.1 Å². The molecule has 0 spiro atoms. The van der Waals surface area contributed by atoms with E-state index in [0.29, 0.717) is 12.3 Å². The van der Waals surface area contributed by atoms with Gasteiger partial charge in [0.05, 0.1) is 0 Å². The Bertz CT molecular complexity index is 309. The van der Waals surface area contributed by atoms with Crippen LogP contribution in [0, 0.1) is 5.92 Å². The van der Waals surface area contributed by atoms with E-state index < -0.39 is 12.0 Å². The molecule has 0 saturated heterocycles. The zero-order valence-electron chi connectivity index (χ0n) is 10.9. The first kappa shape index (κ1) is 15.7. The number of benzene rings is 1. The molecule has 1 atom stereocenters. The van der Waals surface area contributed by atoms with Crippen molar-refractivity contribution >= 4 is 5.97 Å². The molecule has 0 heterocycles. The molecule has 1 aromatic carbocycles. The molecule has 0 aliphatic rings. The molecule has 3 N–H and O–H groups in total. The van der Waals surface area contributed by atoms with Gasteiger partial charge in [-0.05, 0) is 24.3 Å². The zero-order valence-corrected chi connectivity index (χ0v) is 10.9. The predicted molar refractivity (Wildman–Crippen MR) is 70.9 cm³/mol. The van der Waals surface area contributed by atoms with Crippen LogP contribution >= 0.6 is 0 Å². The van der Waals surface area contributed by atoms with Crippen molar-refractivity contribution in [3.8, 4) is 0 Å². The number of aryl methyl sites for hydroxylation is 1. The molecule has 0 aliphatic carbocycles. The summed E-state index contributed by atoms with van der Waals surface area (Å²) < 4.78 is 0. The van der Waals surface area contributed by atoms with Gasteiger partial charge in [-0.15, -0.1) is 0 Å². The molecule has 3 heteroatoms. The number of carbonyl (C=O) groups is 1. The van der Waals surface area contributed by atoms with Gasteiger partial charge in [-0.3, -0.25) is 4.79 Å². The average Bonchev–Trinajstić information content (AvgIpc) is 2.30. The second kappa shape index (κ2) is 8.76. The lowest BCUT2D eigenvalue weighted by Crippen LogP contribution is -2.31. The molecular weight excluding hydrogens is 214 g/mol. The smallest absolute Gasteiger partial charge is 0.320 e. The van der Waals surface area contributed by atoms with Crippen LogP contribution in [0.15, 0.2) is 30.3 Å². The van der Waals surface area contributed by atoms with E-state index in [9.17, 15) is 4.79 Å². The molecule has 1 unspecified atom stereocenters. The summed E-state index contributed by atoms with van der Waals surface area (Å²) >= 11 is 0. The van der Waals surface area contributed by atoms with Crippen molar-refractivity contribution < 1.29 is 9.90 Å². The maximum absolute atomic E-state index is 10.1. The molecule has 96 valence electrons. The molecule has 0 aliphatic heterocycles. The quantitative estimate of drug-likeness (QED) is 0.846. The molecule has 0 saturated carbocycles. The van der Waals surface area contributed by atoms with Crippen molar-refractivity contribution in [1.82, 2.24) is 0 Å². The Labute approximate surface area is 104 Å². The summed E-state index contributed by atoms with van der Waals surface area (Å²) in [4.78, 5) is 10.1. The van der Waals surface area contributed by atoms with E-state index >= 15 is 0 Å². The van der Waals surface area contributed by atoms with Crippen LogP contribution in [0.2, 0.25) is 0 Å². The van der Waals surface area contributed by atoms with Crippen LogP contribution in [0.25, 0.3) is 0 Å². The molecule has 0 radical (unpaired) electrons. The maximum Gasteiger partial charge on any atom is 0.320 e. The number of aliphatic carboxylic acids is 1. The maximum atomic E-state index is 10.1. The Hall–Kier alpha value is -1.35. The van der Waals surface area contributed by atoms with Gasteiger partial charge in [0.2, 0.25) is 0 Å². The Kier molecular flexibility index (Phi) is 8.07. The fourth-order valence-electron chi connectivity index (χ4n) is 1.32. The lowest BCUT2D eigenvalue weighted by Gasteiger charge is -2.07. The van der Waals surface area contributed by atoms with Gasteiger partial charge in [0.25, 0.3) is 0 Å². The van der Waals surface area contributed by atoms with Crippen LogP contribution < -0.4 is 5.73 Å². The fourth-order valence-corrected chi connectivity index (χ4v) is 1.32. The van der Waals surface area contributed by atoms with E-state index in [4.69, 9.17) is 10.8 Å². The van der Waals surface area contributed by atoms with Crippen LogP contribution in [0.5, 0.6) is 0 Å². The van der Waals surface area contributed by atoms with Crippen molar-refractivity contribution in [2.45, 2.75) is 39.7 Å². The molecule has 0 fully saturated rings. The minimum absolute atomic E-state index is 0.357. The summed E-state index contributed by atoms with van der Waals surface area (Å²) in [5.41, 5.74) is 6.63. The van der Waals surface area contributed by atoms with Crippen molar-refractivity contribution in [2.75, 3.05) is 0 Å². The zero-order chi connectivity index (χ0) is 13.3. The largest absolute Gasteiger partial charge is 0.480 e. The Morgan fingerprint density at radius 1 is 1.29 bits per heavy atom. The van der Waals surface area contributed by atoms with Crippen molar-refractivity contribution in [1.29, 1.82) is 0 Å². The van der Waals surface area contributed by atoms with Gasteiger partial charge < -0.3 is 10.8 Å². The third-order valence-electron chi connectivity index (χ3n) is 2.29. The molecule has 1 rings (SSSR count). The van der Waals surface area contributed by atoms with E-state index in [-0.39, 0.29) is 0 Å². The van der Waals surface area contributed by atoms with Gasteiger partial charge in [0.1, 0.15) is 6.04 Å². The number of hydrogen-bond acceptors (Lipinski definition) is 2. The van der Waals surface area contributed by atoms with Crippen molar-refractivity contribution in [3.05, 3.63) is 35.9 Å². The number of hydrogen-bond donors (Lipinski definition) is 2. The highest BCUT2D eigenvalue weighted by molar-refractivity contribution is 5.72. The normalized spacial score (nSPS) is 11.6. The minimum Gasteiger partial charge on any atom is -0.480 e. The number of nitrogens with two attached hydrogens (primary N) is 1. The summed E-state index contributed by atoms with van der Waals surface area (Å²) in [6.45, 7) is 6.06. The van der Waals surface area contributed by atoms with Crippen LogP contribution in [0.3, 0.4) is 0 Å². The number of rotatable bonds is 4. The molecule has 0 amide bonds. The Morgan fingerprint density at radius 3 is 2.06 bits per heavy atom. The van der Waals surface area contributed by atoms with Gasteiger partial charge >= 0.3 is 5.97 Å². The first-order valence-corrected chi connectivity index (χ1v) is 5.99. The molecule has 0 bridgehead atoms. The summed E-state index contributed by atoms with van der Waals surface area (Å²) in [5, 5.41) is 8.31. The Morgan fingerprint density at radius 2 is 1.82 bits per heavy atom. The minimum atomic E-state index is -0.913. The molecular formula is C14H23NO2. The van der Waals surface area contributed by atoms with E-state index in [1.54, 1.807) is 0 Å². The molecule has 3 nitrogen and oxygen atoms in total. The standard InChI is InChI=1S/C8H10.C6H13NO2/c1-2-8-6-4-3-5-7-8;1-4(2)3-5(7)6(8)9/h3-7H,2H2,1H3;4-5H,3,7H2,1-2H3,(H,8,9). The monoisotopic (exact) mass is 237 g/mol. The van der Waals surface area contributed by atoms with Crippen LogP contribution in [-0.4, -0.2) is 17.1 Å². The van der Waals surface area contributed by atoms with Gasteiger partial charge in [-0.2, -0.15) is 0 Å². The van der Waals surface area contributed by atoms with Gasteiger partial charge in [0, 0.05) is 0 Å². The van der Waals surface area contributed by atoms with Crippen LogP contribution in [0.1, 0.15) is 32.8 Å². The summed E-state index contributed by atoms with van der Waals surface area (Å²) in [5.74, 6) is -0.556. The third-order valence-corrected chi connectivity index (χ3v) is 2.29. The van der Waals surface area contributed by atoms with Crippen LogP contribution in [-0.2, 0) is 11.2 Å². The lowest BCUT2D eigenvalue weighted by molar-refractivity contribution is -0.138. The third kappa shape index (κ3) is 8.46. The highest BCUT2D eigenvalue weighted by Crippen LogP contribution is 2.01. The van der Waals surface area contributed by atoms with E-state index in [0.717, 1.165) is 6.42 Å². The number of carboxylic acid groups (broad SMARTS) is 1. The summed E-state index contributed by atoms with van der Waals surface area (Å²) in [7, 11) is 0. The van der Waals surface area contributed by atoms with E-state index in [2.05, 4.69) is 31.2 Å². The fraction of sp³-hybridized carbons (Fsp3) is 0.500. The van der Waals surface area contributed by atoms with Gasteiger partial charge in [0.15, 0.2) is 0 Å². The van der Waals surface area contributed by atoms with Crippen LogP contribution in [0.4, 0.5) is 0 Å². The topological polar surface area (TPSA) is 63.3 Å². The van der Waals surface area contributed by atoms with Gasteiger partial charge in [-0.25, -0.2) is 0 Å². The average molecular weight is 237 g/mol. The SMILES string of the molecule is CC(C)CC(N)C(=O)O.CCc1ccccc1. The second-order valence-corrected chi connectivity index (χ2v) is 4.41. The predicted octanol–water partition coefficient (Wildman–Crippen LogP) is 2.69. The lowest BCUT2D eigenvalue weighted by atomic mass is 10.1. The van der Waals surface area contributed by atoms with Crippen molar-refractivity contribution in [3.63, 3.8) is 0 Å². The second-order valence-electron chi connectivity index (χ2n) is 4.41. The highest BCUT2D eigenvalue weighted by Gasteiger charge is 2.11. The van der Waals surface area contributed by atoms with E-state index in [1.807, 2.05) is 19.9 Å². The summed E-state index contributed by atoms with van der Waals surface area (Å²) in [6, 6.07) is 9.77.